The van der Waals surface area contributed by atoms with Crippen molar-refractivity contribution >= 4 is 47.6 Å². The Balaban J connectivity index is 2.41. The smallest absolute Gasteiger partial charge is 0.246 e. The number of hydrogen-bond donors (Lipinski definition) is 1. The highest BCUT2D eigenvalue weighted by molar-refractivity contribution is 9.11. The summed E-state index contributed by atoms with van der Waals surface area (Å²) >= 11 is 6.63. The Hall–Kier alpha value is -0.110. The number of sulfonamides is 1. The van der Waals surface area contributed by atoms with Crippen LogP contribution in [0.3, 0.4) is 0 Å². The van der Waals surface area contributed by atoms with Gasteiger partial charge in [-0.15, -0.1) is 0 Å². The molecule has 0 radical (unpaired) electrons. The summed E-state index contributed by atoms with van der Waals surface area (Å²) in [4.78, 5) is 0.176. The first-order valence-electron chi connectivity index (χ1n) is 6.61. The Labute approximate surface area is 137 Å². The lowest BCUT2D eigenvalue weighted by Crippen LogP contribution is -2.34. The van der Waals surface area contributed by atoms with Gasteiger partial charge in [0.2, 0.25) is 10.0 Å². The summed E-state index contributed by atoms with van der Waals surface area (Å²) in [6.45, 7) is 3.11. The lowest BCUT2D eigenvalue weighted by molar-refractivity contribution is 0.395. The second-order valence-corrected chi connectivity index (χ2v) is 8.76. The van der Waals surface area contributed by atoms with Crippen molar-refractivity contribution in [3.8, 4) is 0 Å². The maximum atomic E-state index is 12.8. The van der Waals surface area contributed by atoms with Crippen molar-refractivity contribution in [2.24, 2.45) is 5.92 Å². The molecule has 20 heavy (non-hydrogen) atoms. The predicted molar refractivity (Wildman–Crippen MR) is 88.0 cm³/mol. The Bertz CT molecular complexity index is 577. The number of benzene rings is 1. The molecule has 2 rings (SSSR count). The summed E-state index contributed by atoms with van der Waals surface area (Å²) in [5.74, 6) is 0.506. The molecule has 0 atom stereocenters. The van der Waals surface area contributed by atoms with Crippen LogP contribution < -0.4 is 5.73 Å². The minimum atomic E-state index is -3.56. The molecule has 0 aromatic heterocycles. The van der Waals surface area contributed by atoms with Gasteiger partial charge < -0.3 is 5.73 Å². The van der Waals surface area contributed by atoms with Gasteiger partial charge in [0.25, 0.3) is 0 Å². The highest BCUT2D eigenvalue weighted by atomic mass is 79.9. The first-order chi connectivity index (χ1) is 9.36. The molecule has 1 aromatic carbocycles. The van der Waals surface area contributed by atoms with Crippen molar-refractivity contribution in [3.63, 3.8) is 0 Å². The number of rotatable bonds is 6. The Morgan fingerprint density at radius 2 is 2.00 bits per heavy atom. The summed E-state index contributed by atoms with van der Waals surface area (Å²) in [5, 5.41) is 0. The lowest BCUT2D eigenvalue weighted by atomic mass is 10.3. The van der Waals surface area contributed by atoms with Crippen molar-refractivity contribution in [1.82, 2.24) is 4.31 Å². The van der Waals surface area contributed by atoms with Gasteiger partial charge in [0.1, 0.15) is 4.90 Å². The average Bonchev–Trinajstić information content (AvgIpc) is 3.10. The second-order valence-electron chi connectivity index (χ2n) is 5.11. The predicted octanol–water partition coefficient (Wildman–Crippen LogP) is 3.60. The molecule has 0 heterocycles. The molecule has 0 unspecified atom stereocenters. The SMILES string of the molecule is CCCN(CC1CC1)S(=O)(=O)c1c(N)cc(Br)cc1Br. The van der Waals surface area contributed by atoms with Gasteiger partial charge >= 0.3 is 0 Å². The molecular weight excluding hydrogens is 408 g/mol. The zero-order valence-electron chi connectivity index (χ0n) is 11.3. The molecule has 0 spiro atoms. The van der Waals surface area contributed by atoms with Gasteiger partial charge in [-0.1, -0.05) is 22.9 Å². The molecule has 2 N–H and O–H groups in total. The van der Waals surface area contributed by atoms with E-state index in [1.165, 1.54) is 0 Å². The summed E-state index contributed by atoms with van der Waals surface area (Å²) in [6.07, 6.45) is 3.03. The minimum absolute atomic E-state index is 0.176. The van der Waals surface area contributed by atoms with E-state index in [0.717, 1.165) is 23.7 Å². The molecule has 0 aliphatic heterocycles. The Morgan fingerprint density at radius 3 is 2.50 bits per heavy atom. The van der Waals surface area contributed by atoms with Crippen LogP contribution in [0.2, 0.25) is 0 Å². The van der Waals surface area contributed by atoms with Gasteiger partial charge in [-0.25, -0.2) is 8.42 Å². The molecule has 0 bridgehead atoms. The fourth-order valence-corrected chi connectivity index (χ4v) is 5.75. The Kier molecular flexibility index (Phi) is 5.15. The third-order valence-electron chi connectivity index (χ3n) is 3.27. The van der Waals surface area contributed by atoms with E-state index < -0.39 is 10.0 Å². The number of anilines is 1. The van der Waals surface area contributed by atoms with Crippen LogP contribution in [0.15, 0.2) is 26.0 Å². The fraction of sp³-hybridized carbons (Fsp3) is 0.538. The molecule has 0 amide bonds. The lowest BCUT2D eigenvalue weighted by Gasteiger charge is -2.23. The zero-order valence-corrected chi connectivity index (χ0v) is 15.3. The third-order valence-corrected chi connectivity index (χ3v) is 6.60. The van der Waals surface area contributed by atoms with E-state index in [4.69, 9.17) is 5.73 Å². The van der Waals surface area contributed by atoms with E-state index in [1.807, 2.05) is 6.92 Å². The Morgan fingerprint density at radius 1 is 1.35 bits per heavy atom. The largest absolute Gasteiger partial charge is 0.398 e. The molecule has 7 heteroatoms. The number of halogens is 2. The van der Waals surface area contributed by atoms with Crippen LogP contribution in [-0.4, -0.2) is 25.8 Å². The molecule has 0 saturated heterocycles. The molecule has 1 aliphatic rings. The van der Waals surface area contributed by atoms with Gasteiger partial charge in [-0.2, -0.15) is 4.31 Å². The van der Waals surface area contributed by atoms with E-state index in [0.29, 0.717) is 23.5 Å². The normalized spacial score (nSPS) is 15.8. The van der Waals surface area contributed by atoms with Gasteiger partial charge in [-0.05, 0) is 53.2 Å². The van der Waals surface area contributed by atoms with Gasteiger partial charge in [-0.3, -0.25) is 0 Å². The maximum Gasteiger partial charge on any atom is 0.246 e. The molecule has 4 nitrogen and oxygen atoms in total. The highest BCUT2D eigenvalue weighted by Crippen LogP contribution is 2.36. The first kappa shape index (κ1) is 16.3. The van der Waals surface area contributed by atoms with E-state index in [1.54, 1.807) is 16.4 Å². The fourth-order valence-electron chi connectivity index (χ4n) is 2.13. The van der Waals surface area contributed by atoms with E-state index in [2.05, 4.69) is 31.9 Å². The number of hydrogen-bond acceptors (Lipinski definition) is 3. The molecule has 1 aliphatic carbocycles. The topological polar surface area (TPSA) is 63.4 Å². The van der Waals surface area contributed by atoms with E-state index >= 15 is 0 Å². The van der Waals surface area contributed by atoms with E-state index in [9.17, 15) is 8.42 Å². The summed E-state index contributed by atoms with van der Waals surface area (Å²) in [6, 6.07) is 3.34. The van der Waals surface area contributed by atoms with Crippen molar-refractivity contribution in [2.45, 2.75) is 31.1 Å². The average molecular weight is 426 g/mol. The highest BCUT2D eigenvalue weighted by Gasteiger charge is 2.33. The summed E-state index contributed by atoms with van der Waals surface area (Å²) < 4.78 is 28.5. The standard InChI is InChI=1S/C13H18Br2N2O2S/c1-2-5-17(8-9-3-4-9)20(18,19)13-11(15)6-10(14)7-12(13)16/h6-7,9H,2-5,8,16H2,1H3. The molecule has 112 valence electrons. The van der Waals surface area contributed by atoms with Crippen molar-refractivity contribution in [1.29, 1.82) is 0 Å². The third kappa shape index (κ3) is 3.55. The quantitative estimate of drug-likeness (QED) is 0.708. The summed E-state index contributed by atoms with van der Waals surface area (Å²) in [7, 11) is -3.56. The molecular formula is C13H18Br2N2O2S. The van der Waals surface area contributed by atoms with Crippen LogP contribution in [0.1, 0.15) is 26.2 Å². The van der Waals surface area contributed by atoms with Crippen LogP contribution in [0.4, 0.5) is 5.69 Å². The maximum absolute atomic E-state index is 12.8. The van der Waals surface area contributed by atoms with Crippen LogP contribution >= 0.6 is 31.9 Å². The van der Waals surface area contributed by atoms with Crippen molar-refractivity contribution in [3.05, 3.63) is 21.1 Å². The number of nitrogen functional groups attached to an aromatic ring is 1. The van der Waals surface area contributed by atoms with Crippen LogP contribution in [0.5, 0.6) is 0 Å². The van der Waals surface area contributed by atoms with Crippen molar-refractivity contribution in [2.75, 3.05) is 18.8 Å². The summed E-state index contributed by atoms with van der Waals surface area (Å²) in [5.41, 5.74) is 6.19. The van der Waals surface area contributed by atoms with Crippen LogP contribution in [0, 0.1) is 5.92 Å². The molecule has 1 fully saturated rings. The van der Waals surface area contributed by atoms with Crippen molar-refractivity contribution < 1.29 is 8.42 Å². The van der Waals surface area contributed by atoms with Crippen LogP contribution in [-0.2, 0) is 10.0 Å². The molecule has 1 saturated carbocycles. The van der Waals surface area contributed by atoms with Gasteiger partial charge in [0.05, 0.1) is 5.69 Å². The van der Waals surface area contributed by atoms with Crippen LogP contribution in [0.25, 0.3) is 0 Å². The number of nitrogens with zero attached hydrogens (tertiary/aromatic N) is 1. The minimum Gasteiger partial charge on any atom is -0.398 e. The van der Waals surface area contributed by atoms with Gasteiger partial charge in [0.15, 0.2) is 0 Å². The second kappa shape index (κ2) is 6.34. The monoisotopic (exact) mass is 424 g/mol. The van der Waals surface area contributed by atoms with Gasteiger partial charge in [0, 0.05) is 22.0 Å². The van der Waals surface area contributed by atoms with E-state index in [-0.39, 0.29) is 10.6 Å². The first-order valence-corrected chi connectivity index (χ1v) is 9.63. The molecule has 1 aromatic rings. The zero-order chi connectivity index (χ0) is 14.9. The number of nitrogens with two attached hydrogens (primary N) is 1.